The minimum atomic E-state index is 0.0380. The molecule has 0 aromatic carbocycles. The Bertz CT molecular complexity index is 568. The zero-order valence-electron chi connectivity index (χ0n) is 13.5. The summed E-state index contributed by atoms with van der Waals surface area (Å²) in [7, 11) is 0. The van der Waals surface area contributed by atoms with E-state index in [-0.39, 0.29) is 23.8 Å². The minimum absolute atomic E-state index is 0.0380. The summed E-state index contributed by atoms with van der Waals surface area (Å²) in [6, 6.07) is 3.96. The predicted molar refractivity (Wildman–Crippen MR) is 90.2 cm³/mol. The molecule has 1 saturated heterocycles. The highest BCUT2D eigenvalue weighted by Gasteiger charge is 2.31. The van der Waals surface area contributed by atoms with Crippen molar-refractivity contribution in [2.75, 3.05) is 24.6 Å². The third-order valence-electron chi connectivity index (χ3n) is 4.35. The highest BCUT2D eigenvalue weighted by Crippen LogP contribution is 2.31. The van der Waals surface area contributed by atoms with Gasteiger partial charge in [-0.3, -0.25) is 9.59 Å². The second-order valence-corrected chi connectivity index (χ2v) is 7.44. The summed E-state index contributed by atoms with van der Waals surface area (Å²) in [5.74, 6) is 4.16. The second kappa shape index (κ2) is 7.43. The van der Waals surface area contributed by atoms with E-state index in [2.05, 4.69) is 5.32 Å². The van der Waals surface area contributed by atoms with Crippen molar-refractivity contribution in [3.63, 3.8) is 0 Å². The molecule has 2 heterocycles. The highest BCUT2D eigenvalue weighted by atomic mass is 32.2. The predicted octanol–water partition coefficient (Wildman–Crippen LogP) is 2.51. The van der Waals surface area contributed by atoms with E-state index in [0.717, 1.165) is 42.4 Å². The normalized spacial score (nSPS) is 21.3. The minimum Gasteiger partial charge on any atom is -0.464 e. The molecule has 1 aliphatic heterocycles. The van der Waals surface area contributed by atoms with E-state index in [9.17, 15) is 9.59 Å². The Balaban J connectivity index is 1.48. The van der Waals surface area contributed by atoms with Gasteiger partial charge in [0.25, 0.3) is 0 Å². The molecule has 1 aromatic rings. The molecule has 126 valence electrons. The van der Waals surface area contributed by atoms with Gasteiger partial charge in [0.15, 0.2) is 0 Å². The van der Waals surface area contributed by atoms with Crippen molar-refractivity contribution in [3.8, 4) is 0 Å². The highest BCUT2D eigenvalue weighted by molar-refractivity contribution is 7.99. The van der Waals surface area contributed by atoms with Crippen LogP contribution in [0.1, 0.15) is 43.2 Å². The summed E-state index contributed by atoms with van der Waals surface area (Å²) in [6.07, 6.45) is 3.21. The second-order valence-electron chi connectivity index (χ2n) is 6.30. The molecule has 1 aliphatic carbocycles. The first-order valence-corrected chi connectivity index (χ1v) is 9.52. The van der Waals surface area contributed by atoms with Crippen LogP contribution in [-0.2, 0) is 9.59 Å². The summed E-state index contributed by atoms with van der Waals surface area (Å²) >= 11 is 1.86. The van der Waals surface area contributed by atoms with Crippen LogP contribution in [0.5, 0.6) is 0 Å². The van der Waals surface area contributed by atoms with Crippen LogP contribution in [0, 0.1) is 12.8 Å². The number of carbonyl (C=O) groups excluding carboxylic acids is 2. The Kier molecular flexibility index (Phi) is 5.30. The monoisotopic (exact) mass is 336 g/mol. The van der Waals surface area contributed by atoms with Crippen molar-refractivity contribution in [2.45, 2.75) is 38.6 Å². The van der Waals surface area contributed by atoms with Crippen LogP contribution in [0.3, 0.4) is 0 Å². The van der Waals surface area contributed by atoms with Gasteiger partial charge in [0, 0.05) is 36.9 Å². The molecule has 23 heavy (non-hydrogen) atoms. The zero-order chi connectivity index (χ0) is 16.2. The molecule has 0 bridgehead atoms. The fraction of sp³-hybridized carbons (Fsp3) is 0.647. The van der Waals surface area contributed by atoms with E-state index in [0.29, 0.717) is 19.4 Å². The molecular weight excluding hydrogens is 312 g/mol. The SMILES string of the molecule is Cc1ccc(C2CSCCN2C(=O)CCCNC(=O)C2CC2)o1. The molecule has 2 amide bonds. The summed E-state index contributed by atoms with van der Waals surface area (Å²) in [5.41, 5.74) is 0. The maximum Gasteiger partial charge on any atom is 0.223 e. The Morgan fingerprint density at radius 3 is 2.91 bits per heavy atom. The number of carbonyl (C=O) groups is 2. The quantitative estimate of drug-likeness (QED) is 0.811. The van der Waals surface area contributed by atoms with Crippen LogP contribution in [0.2, 0.25) is 0 Å². The van der Waals surface area contributed by atoms with Gasteiger partial charge in [-0.1, -0.05) is 0 Å². The number of nitrogens with one attached hydrogen (secondary N) is 1. The van der Waals surface area contributed by atoms with Crippen LogP contribution in [0.15, 0.2) is 16.5 Å². The summed E-state index contributed by atoms with van der Waals surface area (Å²) in [5, 5.41) is 2.92. The molecule has 0 spiro atoms. The molecule has 5 nitrogen and oxygen atoms in total. The lowest BCUT2D eigenvalue weighted by molar-refractivity contribution is -0.133. The van der Waals surface area contributed by atoms with Crippen LogP contribution in [0.25, 0.3) is 0 Å². The average Bonchev–Trinajstić information content (AvgIpc) is 3.33. The standard InChI is InChI=1S/C17H24N2O3S/c1-12-4-7-15(22-12)14-11-23-10-9-19(14)16(20)3-2-8-18-17(21)13-5-6-13/h4,7,13-14H,2-3,5-6,8-11H2,1H3,(H,18,21). The maximum absolute atomic E-state index is 12.5. The van der Waals surface area contributed by atoms with Crippen molar-refractivity contribution in [1.29, 1.82) is 0 Å². The molecule has 3 rings (SSSR count). The Labute approximate surface area is 141 Å². The number of rotatable bonds is 6. The lowest BCUT2D eigenvalue weighted by Crippen LogP contribution is -2.40. The third-order valence-corrected chi connectivity index (χ3v) is 5.38. The van der Waals surface area contributed by atoms with E-state index in [4.69, 9.17) is 4.42 Å². The number of hydrogen-bond donors (Lipinski definition) is 1. The van der Waals surface area contributed by atoms with Gasteiger partial charge in [-0.25, -0.2) is 0 Å². The van der Waals surface area contributed by atoms with Gasteiger partial charge in [-0.05, 0) is 38.3 Å². The van der Waals surface area contributed by atoms with Crippen LogP contribution in [0.4, 0.5) is 0 Å². The molecule has 2 aliphatic rings. The summed E-state index contributed by atoms with van der Waals surface area (Å²) in [4.78, 5) is 26.1. The Morgan fingerprint density at radius 2 is 2.22 bits per heavy atom. The number of amides is 2. The van der Waals surface area contributed by atoms with E-state index >= 15 is 0 Å². The molecular formula is C17H24N2O3S. The fourth-order valence-electron chi connectivity index (χ4n) is 2.86. The molecule has 1 unspecified atom stereocenters. The number of nitrogens with zero attached hydrogens (tertiary/aromatic N) is 1. The molecule has 6 heteroatoms. The Hall–Kier alpha value is -1.43. The molecule has 2 fully saturated rings. The van der Waals surface area contributed by atoms with E-state index in [1.807, 2.05) is 35.7 Å². The van der Waals surface area contributed by atoms with Crippen molar-refractivity contribution in [3.05, 3.63) is 23.7 Å². The lowest BCUT2D eigenvalue weighted by atomic mass is 10.1. The topological polar surface area (TPSA) is 62.6 Å². The molecule has 1 atom stereocenters. The van der Waals surface area contributed by atoms with Crippen LogP contribution >= 0.6 is 11.8 Å². The largest absolute Gasteiger partial charge is 0.464 e. The van der Waals surface area contributed by atoms with Gasteiger partial charge in [0.05, 0.1) is 6.04 Å². The molecule has 1 aromatic heterocycles. The van der Waals surface area contributed by atoms with Crippen LogP contribution < -0.4 is 5.32 Å². The van der Waals surface area contributed by atoms with Crippen molar-refractivity contribution in [2.24, 2.45) is 5.92 Å². The smallest absolute Gasteiger partial charge is 0.223 e. The number of thioether (sulfide) groups is 1. The zero-order valence-corrected chi connectivity index (χ0v) is 14.4. The molecule has 1 saturated carbocycles. The van der Waals surface area contributed by atoms with E-state index < -0.39 is 0 Å². The first-order chi connectivity index (χ1) is 11.1. The molecule has 1 N–H and O–H groups in total. The lowest BCUT2D eigenvalue weighted by Gasteiger charge is -2.34. The van der Waals surface area contributed by atoms with Gasteiger partial charge < -0.3 is 14.6 Å². The van der Waals surface area contributed by atoms with E-state index in [1.165, 1.54) is 0 Å². The van der Waals surface area contributed by atoms with Gasteiger partial charge in [0.2, 0.25) is 11.8 Å². The van der Waals surface area contributed by atoms with Crippen molar-refractivity contribution >= 4 is 23.6 Å². The number of aryl methyl sites for hydroxylation is 1. The number of hydrogen-bond acceptors (Lipinski definition) is 4. The van der Waals surface area contributed by atoms with Crippen molar-refractivity contribution in [1.82, 2.24) is 10.2 Å². The maximum atomic E-state index is 12.5. The fourth-order valence-corrected chi connectivity index (χ4v) is 3.92. The van der Waals surface area contributed by atoms with Gasteiger partial charge in [-0.2, -0.15) is 11.8 Å². The summed E-state index contributed by atoms with van der Waals surface area (Å²) < 4.78 is 5.73. The van der Waals surface area contributed by atoms with Gasteiger partial charge >= 0.3 is 0 Å². The third kappa shape index (κ3) is 4.31. The first-order valence-electron chi connectivity index (χ1n) is 8.36. The van der Waals surface area contributed by atoms with E-state index in [1.54, 1.807) is 0 Å². The number of furan rings is 1. The van der Waals surface area contributed by atoms with Crippen molar-refractivity contribution < 1.29 is 14.0 Å². The molecule has 0 radical (unpaired) electrons. The Morgan fingerprint density at radius 1 is 1.39 bits per heavy atom. The van der Waals surface area contributed by atoms with Gasteiger partial charge in [-0.15, -0.1) is 0 Å². The average molecular weight is 336 g/mol. The van der Waals surface area contributed by atoms with Crippen LogP contribution in [-0.4, -0.2) is 41.3 Å². The van der Waals surface area contributed by atoms with Gasteiger partial charge in [0.1, 0.15) is 11.5 Å². The first kappa shape index (κ1) is 16.4. The summed E-state index contributed by atoms with van der Waals surface area (Å²) in [6.45, 7) is 3.28.